The molecule has 0 aliphatic carbocycles. The lowest BCUT2D eigenvalue weighted by atomic mass is 10.2. The van der Waals surface area contributed by atoms with Crippen molar-refractivity contribution in [3.63, 3.8) is 0 Å². The zero-order valence-corrected chi connectivity index (χ0v) is 10.0. The summed E-state index contributed by atoms with van der Waals surface area (Å²) in [5, 5.41) is 10.9. The first-order valence-electron chi connectivity index (χ1n) is 4.95. The number of nitrogens with zero attached hydrogens (tertiary/aromatic N) is 2. The molecule has 17 heavy (non-hydrogen) atoms. The minimum atomic E-state index is -0.0339. The van der Waals surface area contributed by atoms with Gasteiger partial charge in [-0.25, -0.2) is 0 Å². The molecule has 1 saturated heterocycles. The quantitative estimate of drug-likeness (QED) is 0.647. The monoisotopic (exact) mass is 249 g/mol. The molecule has 1 aliphatic rings. The molecular formula is C11H11N3O2S. The second-order valence-corrected chi connectivity index (χ2v) is 4.22. The average molecular weight is 249 g/mol. The summed E-state index contributed by atoms with van der Waals surface area (Å²) in [5.41, 5.74) is 0.921. The molecule has 0 radical (unpaired) electrons. The minimum absolute atomic E-state index is 0.0339. The van der Waals surface area contributed by atoms with Crippen LogP contribution in [-0.2, 0) is 4.79 Å². The van der Waals surface area contributed by atoms with Gasteiger partial charge in [-0.1, -0.05) is 11.8 Å². The van der Waals surface area contributed by atoms with Crippen molar-refractivity contribution in [1.82, 2.24) is 5.32 Å². The Bertz CT molecular complexity index is 468. The number of carbonyl (C=O) groups excluding carboxylic acids is 1. The number of carbonyl (C=O) groups is 1. The number of benzene rings is 1. The molecule has 5 nitrogen and oxygen atoms in total. The van der Waals surface area contributed by atoms with Crippen LogP contribution in [0.2, 0.25) is 0 Å². The third-order valence-electron chi connectivity index (χ3n) is 2.06. The Hall–Kier alpha value is -1.82. The standard InChI is InChI=1S/C11H11N3O2S/c1-16-9-4-2-8(3-5-9)6-12-14-11-13-10(15)7-17-11/h2-6H,7H2,1H3,(H,13,14,15). The number of methoxy groups -OCH3 is 1. The fourth-order valence-corrected chi connectivity index (χ4v) is 1.85. The normalized spacial score (nSPS) is 17.7. The Balaban J connectivity index is 1.98. The molecule has 88 valence electrons. The molecule has 6 heteroatoms. The molecule has 0 bridgehead atoms. The van der Waals surface area contributed by atoms with Crippen LogP contribution in [0, 0.1) is 0 Å². The first-order chi connectivity index (χ1) is 8.28. The van der Waals surface area contributed by atoms with Gasteiger partial charge in [0.05, 0.1) is 19.1 Å². The summed E-state index contributed by atoms with van der Waals surface area (Å²) in [7, 11) is 1.62. The predicted molar refractivity (Wildman–Crippen MR) is 68.6 cm³/mol. The highest BCUT2D eigenvalue weighted by Gasteiger charge is 2.15. The second kappa shape index (κ2) is 5.49. The fraction of sp³-hybridized carbons (Fsp3) is 0.182. The maximum Gasteiger partial charge on any atom is 0.236 e. The summed E-state index contributed by atoms with van der Waals surface area (Å²) in [6, 6.07) is 7.45. The van der Waals surface area contributed by atoms with E-state index in [2.05, 4.69) is 15.5 Å². The van der Waals surface area contributed by atoms with E-state index in [1.54, 1.807) is 13.3 Å². The van der Waals surface area contributed by atoms with Gasteiger partial charge in [-0.05, 0) is 29.8 Å². The van der Waals surface area contributed by atoms with Crippen molar-refractivity contribution < 1.29 is 9.53 Å². The Morgan fingerprint density at radius 2 is 2.18 bits per heavy atom. The van der Waals surface area contributed by atoms with Gasteiger partial charge >= 0.3 is 0 Å². The molecule has 1 aromatic rings. The molecule has 0 aromatic heterocycles. The topological polar surface area (TPSA) is 63.1 Å². The number of nitrogens with one attached hydrogen (secondary N) is 1. The summed E-state index contributed by atoms with van der Waals surface area (Å²) in [5.74, 6) is 1.18. The molecule has 1 heterocycles. The summed E-state index contributed by atoms with van der Waals surface area (Å²) < 4.78 is 5.04. The Morgan fingerprint density at radius 1 is 1.41 bits per heavy atom. The number of amidine groups is 1. The van der Waals surface area contributed by atoms with Crippen molar-refractivity contribution in [3.8, 4) is 5.75 Å². The van der Waals surface area contributed by atoms with Gasteiger partial charge in [-0.15, -0.1) is 5.10 Å². The zero-order valence-electron chi connectivity index (χ0n) is 9.21. The Morgan fingerprint density at radius 3 is 2.76 bits per heavy atom. The van der Waals surface area contributed by atoms with Crippen LogP contribution in [0.3, 0.4) is 0 Å². The zero-order chi connectivity index (χ0) is 12.1. The van der Waals surface area contributed by atoms with Gasteiger partial charge in [-0.2, -0.15) is 5.10 Å². The lowest BCUT2D eigenvalue weighted by Gasteiger charge is -1.98. The number of hydrogen-bond donors (Lipinski definition) is 1. The molecule has 0 atom stereocenters. The molecule has 1 N–H and O–H groups in total. The summed E-state index contributed by atoms with van der Waals surface area (Å²) >= 11 is 1.35. The van der Waals surface area contributed by atoms with Crippen LogP contribution in [0.5, 0.6) is 5.75 Å². The molecule has 1 fully saturated rings. The van der Waals surface area contributed by atoms with Gasteiger partial charge < -0.3 is 10.1 Å². The lowest BCUT2D eigenvalue weighted by molar-refractivity contribution is -0.116. The second-order valence-electron chi connectivity index (χ2n) is 3.26. The van der Waals surface area contributed by atoms with Crippen molar-refractivity contribution in [3.05, 3.63) is 29.8 Å². The van der Waals surface area contributed by atoms with Crippen LogP contribution < -0.4 is 10.1 Å². The fourth-order valence-electron chi connectivity index (χ4n) is 1.22. The Labute approximate surface area is 103 Å². The molecule has 0 spiro atoms. The van der Waals surface area contributed by atoms with Crippen molar-refractivity contribution in [2.75, 3.05) is 12.9 Å². The van der Waals surface area contributed by atoms with Crippen LogP contribution in [0.1, 0.15) is 5.56 Å². The Kier molecular flexibility index (Phi) is 3.77. The molecule has 0 saturated carbocycles. The number of hydrogen-bond acceptors (Lipinski definition) is 5. The smallest absolute Gasteiger partial charge is 0.236 e. The van der Waals surface area contributed by atoms with Gasteiger partial charge in [0, 0.05) is 0 Å². The first-order valence-corrected chi connectivity index (χ1v) is 5.94. The van der Waals surface area contributed by atoms with E-state index >= 15 is 0 Å². The van der Waals surface area contributed by atoms with Gasteiger partial charge in [0.1, 0.15) is 5.75 Å². The maximum atomic E-state index is 10.9. The summed E-state index contributed by atoms with van der Waals surface area (Å²) in [6.07, 6.45) is 1.62. The van der Waals surface area contributed by atoms with Crippen molar-refractivity contribution in [2.45, 2.75) is 0 Å². The predicted octanol–water partition coefficient (Wildman–Crippen LogP) is 1.25. The number of rotatable bonds is 3. The van der Waals surface area contributed by atoms with E-state index in [1.807, 2.05) is 24.3 Å². The summed E-state index contributed by atoms with van der Waals surface area (Å²) in [4.78, 5) is 10.9. The number of ether oxygens (including phenoxy) is 1. The molecular weight excluding hydrogens is 238 g/mol. The van der Waals surface area contributed by atoms with Crippen molar-refractivity contribution in [1.29, 1.82) is 0 Å². The molecule has 2 rings (SSSR count). The summed E-state index contributed by atoms with van der Waals surface area (Å²) in [6.45, 7) is 0. The average Bonchev–Trinajstić information content (AvgIpc) is 2.76. The van der Waals surface area contributed by atoms with E-state index in [9.17, 15) is 4.79 Å². The van der Waals surface area contributed by atoms with Gasteiger partial charge in [0.15, 0.2) is 5.17 Å². The van der Waals surface area contributed by atoms with E-state index < -0.39 is 0 Å². The third kappa shape index (κ3) is 3.32. The maximum absolute atomic E-state index is 10.9. The number of amides is 1. The van der Waals surface area contributed by atoms with Crippen LogP contribution in [0.4, 0.5) is 0 Å². The van der Waals surface area contributed by atoms with Gasteiger partial charge in [0.2, 0.25) is 5.91 Å². The highest BCUT2D eigenvalue weighted by Crippen LogP contribution is 2.10. The third-order valence-corrected chi connectivity index (χ3v) is 2.92. The van der Waals surface area contributed by atoms with E-state index in [0.717, 1.165) is 11.3 Å². The van der Waals surface area contributed by atoms with Gasteiger partial charge in [-0.3, -0.25) is 4.79 Å². The highest BCUT2D eigenvalue weighted by atomic mass is 32.2. The first kappa shape index (κ1) is 11.7. The van der Waals surface area contributed by atoms with E-state index in [1.165, 1.54) is 11.8 Å². The van der Waals surface area contributed by atoms with Crippen LogP contribution in [0.15, 0.2) is 34.5 Å². The van der Waals surface area contributed by atoms with E-state index in [4.69, 9.17) is 4.74 Å². The van der Waals surface area contributed by atoms with E-state index in [-0.39, 0.29) is 5.91 Å². The van der Waals surface area contributed by atoms with Crippen LogP contribution >= 0.6 is 11.8 Å². The van der Waals surface area contributed by atoms with Crippen molar-refractivity contribution >= 4 is 29.1 Å². The van der Waals surface area contributed by atoms with Crippen molar-refractivity contribution in [2.24, 2.45) is 10.2 Å². The molecule has 1 aliphatic heterocycles. The number of thioether (sulfide) groups is 1. The van der Waals surface area contributed by atoms with Gasteiger partial charge in [0.25, 0.3) is 0 Å². The molecule has 1 aromatic carbocycles. The molecule has 0 unspecified atom stereocenters. The molecule has 1 amide bonds. The largest absolute Gasteiger partial charge is 0.497 e. The van der Waals surface area contributed by atoms with E-state index in [0.29, 0.717) is 10.9 Å². The minimum Gasteiger partial charge on any atom is -0.497 e. The highest BCUT2D eigenvalue weighted by molar-refractivity contribution is 8.15. The lowest BCUT2D eigenvalue weighted by Crippen LogP contribution is -2.19. The van der Waals surface area contributed by atoms with Crippen LogP contribution in [-0.4, -0.2) is 30.2 Å². The van der Waals surface area contributed by atoms with Crippen LogP contribution in [0.25, 0.3) is 0 Å². The SMILES string of the molecule is COc1ccc(C=NN=C2NC(=O)CS2)cc1.